The molecule has 0 atom stereocenters. The number of hydrogen-bond acceptors (Lipinski definition) is 3. The number of anilines is 3. The zero-order valence-corrected chi connectivity index (χ0v) is 12.3. The van der Waals surface area contributed by atoms with Gasteiger partial charge in [0.15, 0.2) is 0 Å². The quantitative estimate of drug-likeness (QED) is 0.710. The average Bonchev–Trinajstić information content (AvgIpc) is 2.45. The zero-order chi connectivity index (χ0) is 15.0. The van der Waals surface area contributed by atoms with Gasteiger partial charge in [-0.25, -0.2) is 8.78 Å². The Bertz CT molecular complexity index is 811. The summed E-state index contributed by atoms with van der Waals surface area (Å²) in [6.45, 7) is 0. The van der Waals surface area contributed by atoms with Crippen molar-refractivity contribution in [3.63, 3.8) is 0 Å². The fourth-order valence-corrected chi connectivity index (χ4v) is 2.42. The van der Waals surface area contributed by atoms with E-state index in [-0.39, 0.29) is 5.69 Å². The summed E-state index contributed by atoms with van der Waals surface area (Å²) in [5, 5.41) is 3.42. The van der Waals surface area contributed by atoms with Crippen LogP contribution >= 0.6 is 15.9 Å². The highest BCUT2D eigenvalue weighted by Crippen LogP contribution is 2.33. The Balaban J connectivity index is 2.20. The van der Waals surface area contributed by atoms with Crippen LogP contribution < -0.4 is 11.1 Å². The minimum atomic E-state index is -0.686. The Morgan fingerprint density at radius 2 is 1.76 bits per heavy atom. The first-order valence-electron chi connectivity index (χ1n) is 6.11. The SMILES string of the molecule is Nc1cnc2ccc(Br)cc2c1Nc1c(F)cccc1F. The van der Waals surface area contributed by atoms with Crippen molar-refractivity contribution in [2.24, 2.45) is 0 Å². The summed E-state index contributed by atoms with van der Waals surface area (Å²) in [5.41, 5.74) is 7.06. The summed E-state index contributed by atoms with van der Waals surface area (Å²) in [7, 11) is 0. The second-order valence-electron chi connectivity index (χ2n) is 4.47. The first-order valence-corrected chi connectivity index (χ1v) is 6.90. The molecule has 6 heteroatoms. The Hall–Kier alpha value is -2.21. The van der Waals surface area contributed by atoms with Crippen molar-refractivity contribution in [2.45, 2.75) is 0 Å². The molecule has 0 saturated heterocycles. The lowest BCUT2D eigenvalue weighted by atomic mass is 10.1. The Morgan fingerprint density at radius 3 is 2.48 bits per heavy atom. The number of hydrogen-bond donors (Lipinski definition) is 2. The maximum absolute atomic E-state index is 13.8. The number of aromatic nitrogens is 1. The van der Waals surface area contributed by atoms with Gasteiger partial charge in [0.25, 0.3) is 0 Å². The average molecular weight is 350 g/mol. The van der Waals surface area contributed by atoms with E-state index in [2.05, 4.69) is 26.2 Å². The Kier molecular flexibility index (Phi) is 3.47. The van der Waals surface area contributed by atoms with Gasteiger partial charge < -0.3 is 11.1 Å². The molecule has 21 heavy (non-hydrogen) atoms. The molecule has 3 N–H and O–H groups in total. The van der Waals surface area contributed by atoms with Gasteiger partial charge >= 0.3 is 0 Å². The van der Waals surface area contributed by atoms with Crippen LogP contribution in [0.2, 0.25) is 0 Å². The van der Waals surface area contributed by atoms with Crippen LogP contribution in [0.15, 0.2) is 47.1 Å². The molecule has 1 aromatic heterocycles. The van der Waals surface area contributed by atoms with Crippen LogP contribution in [-0.4, -0.2) is 4.98 Å². The molecular formula is C15H10BrF2N3. The number of fused-ring (bicyclic) bond motifs is 1. The highest BCUT2D eigenvalue weighted by molar-refractivity contribution is 9.10. The normalized spacial score (nSPS) is 10.8. The summed E-state index contributed by atoms with van der Waals surface area (Å²) in [6, 6.07) is 9.09. The van der Waals surface area contributed by atoms with E-state index >= 15 is 0 Å². The fraction of sp³-hybridized carbons (Fsp3) is 0. The third-order valence-corrected chi connectivity index (χ3v) is 3.57. The Morgan fingerprint density at radius 1 is 1.05 bits per heavy atom. The molecule has 1 heterocycles. The molecule has 0 bridgehead atoms. The number of nitrogens with zero attached hydrogens (tertiary/aromatic N) is 1. The van der Waals surface area contributed by atoms with E-state index in [1.54, 1.807) is 12.1 Å². The van der Waals surface area contributed by atoms with Crippen molar-refractivity contribution >= 4 is 43.9 Å². The highest BCUT2D eigenvalue weighted by Gasteiger charge is 2.13. The number of benzene rings is 2. The molecule has 3 rings (SSSR count). The number of pyridine rings is 1. The third kappa shape index (κ3) is 2.54. The molecule has 3 aromatic rings. The third-order valence-electron chi connectivity index (χ3n) is 3.07. The van der Waals surface area contributed by atoms with Gasteiger partial charge in [-0.2, -0.15) is 0 Å². The van der Waals surface area contributed by atoms with Gasteiger partial charge in [-0.1, -0.05) is 22.0 Å². The molecule has 0 aliphatic rings. The van der Waals surface area contributed by atoms with E-state index in [0.29, 0.717) is 22.3 Å². The van der Waals surface area contributed by atoms with Gasteiger partial charge in [-0.3, -0.25) is 4.98 Å². The van der Waals surface area contributed by atoms with E-state index in [9.17, 15) is 8.78 Å². The summed E-state index contributed by atoms with van der Waals surface area (Å²) < 4.78 is 28.4. The Labute approximate surface area is 127 Å². The lowest BCUT2D eigenvalue weighted by Crippen LogP contribution is -2.02. The molecule has 0 fully saturated rings. The first kappa shape index (κ1) is 13.8. The molecule has 0 amide bonds. The lowest BCUT2D eigenvalue weighted by Gasteiger charge is -2.13. The predicted octanol–water partition coefficient (Wildman–Crippen LogP) is 4.60. The van der Waals surface area contributed by atoms with Gasteiger partial charge in [0.05, 0.1) is 23.1 Å². The minimum absolute atomic E-state index is 0.239. The van der Waals surface area contributed by atoms with E-state index in [1.807, 2.05) is 6.07 Å². The van der Waals surface area contributed by atoms with Gasteiger partial charge in [0.2, 0.25) is 0 Å². The van der Waals surface area contributed by atoms with E-state index in [4.69, 9.17) is 5.73 Å². The van der Waals surface area contributed by atoms with Gasteiger partial charge in [0, 0.05) is 9.86 Å². The number of halogens is 3. The molecule has 0 aliphatic carbocycles. The van der Waals surface area contributed by atoms with Crippen LogP contribution in [0.4, 0.5) is 25.8 Å². The monoisotopic (exact) mass is 349 g/mol. The molecule has 0 aliphatic heterocycles. The molecule has 0 spiro atoms. The van der Waals surface area contributed by atoms with Crippen LogP contribution in [0.25, 0.3) is 10.9 Å². The maximum Gasteiger partial charge on any atom is 0.149 e. The van der Waals surface area contributed by atoms with Crippen LogP contribution in [0.1, 0.15) is 0 Å². The topological polar surface area (TPSA) is 50.9 Å². The van der Waals surface area contributed by atoms with Crippen LogP contribution in [-0.2, 0) is 0 Å². The van der Waals surface area contributed by atoms with Crippen molar-refractivity contribution in [2.75, 3.05) is 11.1 Å². The van der Waals surface area contributed by atoms with Crippen LogP contribution in [0, 0.1) is 11.6 Å². The van der Waals surface area contributed by atoms with Gasteiger partial charge in [-0.15, -0.1) is 0 Å². The number of nitrogens with two attached hydrogens (primary N) is 1. The van der Waals surface area contributed by atoms with Crippen molar-refractivity contribution in [3.05, 3.63) is 58.7 Å². The molecule has 106 valence electrons. The van der Waals surface area contributed by atoms with E-state index in [0.717, 1.165) is 4.47 Å². The van der Waals surface area contributed by atoms with Gasteiger partial charge in [-0.05, 0) is 30.3 Å². The molecule has 0 saturated carbocycles. The van der Waals surface area contributed by atoms with Crippen molar-refractivity contribution in [3.8, 4) is 0 Å². The number of nitrogens with one attached hydrogen (secondary N) is 1. The molecule has 3 nitrogen and oxygen atoms in total. The van der Waals surface area contributed by atoms with Crippen LogP contribution in [0.3, 0.4) is 0 Å². The molecule has 0 unspecified atom stereocenters. The first-order chi connectivity index (χ1) is 10.1. The van der Waals surface area contributed by atoms with Crippen molar-refractivity contribution in [1.29, 1.82) is 0 Å². The van der Waals surface area contributed by atoms with Crippen molar-refractivity contribution in [1.82, 2.24) is 4.98 Å². The lowest BCUT2D eigenvalue weighted by molar-refractivity contribution is 0.591. The maximum atomic E-state index is 13.8. The summed E-state index contributed by atoms with van der Waals surface area (Å²) in [5.74, 6) is -1.37. The molecule has 0 radical (unpaired) electrons. The number of nitrogen functional groups attached to an aromatic ring is 1. The van der Waals surface area contributed by atoms with E-state index in [1.165, 1.54) is 24.4 Å². The molecule has 2 aromatic carbocycles. The summed E-state index contributed by atoms with van der Waals surface area (Å²) >= 11 is 3.36. The van der Waals surface area contributed by atoms with Crippen LogP contribution in [0.5, 0.6) is 0 Å². The predicted molar refractivity (Wildman–Crippen MR) is 83.5 cm³/mol. The summed E-state index contributed by atoms with van der Waals surface area (Å²) in [4.78, 5) is 4.20. The zero-order valence-electron chi connectivity index (χ0n) is 10.7. The minimum Gasteiger partial charge on any atom is -0.396 e. The van der Waals surface area contributed by atoms with Gasteiger partial charge in [0.1, 0.15) is 17.3 Å². The largest absolute Gasteiger partial charge is 0.396 e. The van der Waals surface area contributed by atoms with E-state index < -0.39 is 11.6 Å². The number of para-hydroxylation sites is 1. The van der Waals surface area contributed by atoms with Crippen molar-refractivity contribution < 1.29 is 8.78 Å². The fourth-order valence-electron chi connectivity index (χ4n) is 2.06. The second-order valence-corrected chi connectivity index (χ2v) is 5.39. The second kappa shape index (κ2) is 5.29. The number of rotatable bonds is 2. The smallest absolute Gasteiger partial charge is 0.149 e. The highest BCUT2D eigenvalue weighted by atomic mass is 79.9. The molecular weight excluding hydrogens is 340 g/mol. The summed E-state index contributed by atoms with van der Waals surface area (Å²) in [6.07, 6.45) is 1.46. The standard InChI is InChI=1S/C15H10BrF2N3/c16-8-4-5-13-9(6-8)14(12(19)7-20-13)21-15-10(17)2-1-3-11(15)18/h1-7H,19H2,(H,20,21).